The maximum absolute atomic E-state index is 9.84. The number of fused-ring (bicyclic) bond motifs is 1. The fourth-order valence-corrected chi connectivity index (χ4v) is 4.63. The molecule has 0 aromatic carbocycles. The maximum Gasteiger partial charge on any atom is 0.0680 e. The van der Waals surface area contributed by atoms with Gasteiger partial charge in [-0.2, -0.15) is 0 Å². The molecule has 2 nitrogen and oxygen atoms in total. The van der Waals surface area contributed by atoms with Gasteiger partial charge in [-0.1, -0.05) is 25.8 Å². The van der Waals surface area contributed by atoms with Crippen LogP contribution in [-0.4, -0.2) is 25.4 Å². The summed E-state index contributed by atoms with van der Waals surface area (Å²) >= 11 is 0. The van der Waals surface area contributed by atoms with Crippen LogP contribution in [0.15, 0.2) is 11.1 Å². The molecule has 18 heavy (non-hydrogen) atoms. The first kappa shape index (κ1) is 14.1. The molecule has 0 amide bonds. The van der Waals surface area contributed by atoms with Crippen LogP contribution in [0, 0.1) is 16.7 Å². The Kier molecular flexibility index (Phi) is 3.89. The van der Waals surface area contributed by atoms with Gasteiger partial charge in [-0.15, -0.1) is 0 Å². The van der Waals surface area contributed by atoms with Crippen molar-refractivity contribution in [1.29, 1.82) is 0 Å². The van der Waals surface area contributed by atoms with E-state index in [4.69, 9.17) is 4.74 Å². The summed E-state index contributed by atoms with van der Waals surface area (Å²) in [6, 6.07) is 0. The summed E-state index contributed by atoms with van der Waals surface area (Å²) in [6.45, 7) is 8.04. The summed E-state index contributed by atoms with van der Waals surface area (Å²) in [5, 5.41) is 9.84. The highest BCUT2D eigenvalue weighted by atomic mass is 16.5. The van der Waals surface area contributed by atoms with Gasteiger partial charge in [0.15, 0.2) is 0 Å². The highest BCUT2D eigenvalue weighted by Crippen LogP contribution is 2.59. The molecule has 0 heterocycles. The number of ether oxygens (including phenoxy) is 1. The van der Waals surface area contributed by atoms with E-state index in [9.17, 15) is 5.11 Å². The summed E-state index contributed by atoms with van der Waals surface area (Å²) in [7, 11) is 1.79. The Balaban J connectivity index is 2.39. The second-order valence-corrected chi connectivity index (χ2v) is 6.87. The third kappa shape index (κ3) is 2.04. The van der Waals surface area contributed by atoms with Crippen LogP contribution in [0.4, 0.5) is 0 Å². The molecular weight excluding hydrogens is 224 g/mol. The van der Waals surface area contributed by atoms with E-state index >= 15 is 0 Å². The average Bonchev–Trinajstić information content (AvgIpc) is 2.34. The molecule has 0 saturated heterocycles. The van der Waals surface area contributed by atoms with Crippen molar-refractivity contribution in [3.8, 4) is 0 Å². The van der Waals surface area contributed by atoms with Crippen molar-refractivity contribution in [3.63, 3.8) is 0 Å². The predicted molar refractivity (Wildman–Crippen MR) is 74.5 cm³/mol. The molecule has 2 rings (SSSR count). The van der Waals surface area contributed by atoms with Crippen molar-refractivity contribution < 1.29 is 9.84 Å². The second kappa shape index (κ2) is 4.97. The normalized spacial score (nSPS) is 40.8. The van der Waals surface area contributed by atoms with E-state index in [1.165, 1.54) is 43.3 Å². The Morgan fingerprint density at radius 1 is 1.33 bits per heavy atom. The zero-order valence-electron chi connectivity index (χ0n) is 12.4. The van der Waals surface area contributed by atoms with Crippen LogP contribution in [0.2, 0.25) is 0 Å². The monoisotopic (exact) mass is 252 g/mol. The largest absolute Gasteiger partial charge is 0.396 e. The standard InChI is InChI=1S/C16H28O2/c1-12-6-7-14-15(2,11-17)8-5-9-16(14,3)13(12)10-18-4/h14,17H,5-11H2,1-4H3. The molecule has 3 unspecified atom stereocenters. The van der Waals surface area contributed by atoms with Crippen molar-refractivity contribution in [2.45, 2.75) is 52.9 Å². The number of rotatable bonds is 3. The molecule has 0 aromatic rings. The molecule has 104 valence electrons. The first-order valence-corrected chi connectivity index (χ1v) is 7.27. The predicted octanol–water partition coefficient (Wildman–Crippen LogP) is 3.55. The molecule has 3 atom stereocenters. The van der Waals surface area contributed by atoms with E-state index in [0.717, 1.165) is 6.61 Å². The lowest BCUT2D eigenvalue weighted by molar-refractivity contribution is -0.0426. The van der Waals surface area contributed by atoms with Crippen molar-refractivity contribution in [2.24, 2.45) is 16.7 Å². The summed E-state index contributed by atoms with van der Waals surface area (Å²) < 4.78 is 5.45. The lowest BCUT2D eigenvalue weighted by Gasteiger charge is -2.55. The van der Waals surface area contributed by atoms with E-state index in [-0.39, 0.29) is 10.8 Å². The first-order chi connectivity index (χ1) is 8.48. The minimum absolute atomic E-state index is 0.104. The minimum Gasteiger partial charge on any atom is -0.396 e. The molecule has 0 radical (unpaired) electrons. The van der Waals surface area contributed by atoms with Crippen molar-refractivity contribution >= 4 is 0 Å². The summed E-state index contributed by atoms with van der Waals surface area (Å²) in [6.07, 6.45) is 6.05. The van der Waals surface area contributed by atoms with E-state index in [0.29, 0.717) is 12.5 Å². The first-order valence-electron chi connectivity index (χ1n) is 7.27. The Morgan fingerprint density at radius 3 is 2.67 bits per heavy atom. The van der Waals surface area contributed by atoms with Crippen LogP contribution in [0.25, 0.3) is 0 Å². The smallest absolute Gasteiger partial charge is 0.0680 e. The zero-order chi connectivity index (χ0) is 13.4. The Morgan fingerprint density at radius 2 is 2.06 bits per heavy atom. The molecule has 1 saturated carbocycles. The Hall–Kier alpha value is -0.340. The van der Waals surface area contributed by atoms with Gasteiger partial charge in [-0.05, 0) is 54.9 Å². The molecule has 0 aliphatic heterocycles. The highest BCUT2D eigenvalue weighted by Gasteiger charge is 2.51. The fraction of sp³-hybridized carbons (Fsp3) is 0.875. The zero-order valence-corrected chi connectivity index (χ0v) is 12.4. The molecule has 2 aliphatic rings. The van der Waals surface area contributed by atoms with Crippen molar-refractivity contribution in [1.82, 2.24) is 0 Å². The molecule has 0 aromatic heterocycles. The van der Waals surface area contributed by atoms with Crippen LogP contribution in [0.1, 0.15) is 52.9 Å². The van der Waals surface area contributed by atoms with Gasteiger partial charge in [0, 0.05) is 13.7 Å². The van der Waals surface area contributed by atoms with Gasteiger partial charge >= 0.3 is 0 Å². The second-order valence-electron chi connectivity index (χ2n) is 6.87. The van der Waals surface area contributed by atoms with Crippen molar-refractivity contribution in [2.75, 3.05) is 20.3 Å². The van der Waals surface area contributed by atoms with Gasteiger partial charge in [0.2, 0.25) is 0 Å². The highest BCUT2D eigenvalue weighted by molar-refractivity contribution is 5.27. The lowest BCUT2D eigenvalue weighted by Crippen LogP contribution is -2.49. The number of aliphatic hydroxyl groups excluding tert-OH is 1. The maximum atomic E-state index is 9.84. The molecule has 2 aliphatic carbocycles. The van der Waals surface area contributed by atoms with Crippen molar-refractivity contribution in [3.05, 3.63) is 11.1 Å². The number of hydrogen-bond donors (Lipinski definition) is 1. The van der Waals surface area contributed by atoms with Gasteiger partial charge in [-0.3, -0.25) is 0 Å². The number of allylic oxidation sites excluding steroid dienone is 1. The van der Waals surface area contributed by atoms with E-state index < -0.39 is 0 Å². The lowest BCUT2D eigenvalue weighted by atomic mass is 9.50. The molecule has 2 heteroatoms. The number of methoxy groups -OCH3 is 1. The fourth-order valence-electron chi connectivity index (χ4n) is 4.63. The minimum atomic E-state index is 0.104. The molecular formula is C16H28O2. The van der Waals surface area contributed by atoms with Crippen LogP contribution in [0.3, 0.4) is 0 Å². The van der Waals surface area contributed by atoms with E-state index in [1.807, 2.05) is 0 Å². The SMILES string of the molecule is COCC1=C(C)CCC2C(C)(CO)CCCC12C. The van der Waals surface area contributed by atoms with Crippen LogP contribution in [0.5, 0.6) is 0 Å². The van der Waals surface area contributed by atoms with E-state index in [2.05, 4.69) is 20.8 Å². The number of aliphatic hydroxyl groups is 1. The third-order valence-electron chi connectivity index (χ3n) is 5.72. The van der Waals surface area contributed by atoms with E-state index in [1.54, 1.807) is 7.11 Å². The Bertz CT molecular complexity index is 347. The van der Waals surface area contributed by atoms with Crippen LogP contribution >= 0.6 is 0 Å². The van der Waals surface area contributed by atoms with Gasteiger partial charge in [-0.25, -0.2) is 0 Å². The molecule has 0 spiro atoms. The van der Waals surface area contributed by atoms with Gasteiger partial charge < -0.3 is 9.84 Å². The van der Waals surface area contributed by atoms with Gasteiger partial charge in [0.05, 0.1) is 6.61 Å². The van der Waals surface area contributed by atoms with Gasteiger partial charge in [0.25, 0.3) is 0 Å². The average molecular weight is 252 g/mol. The quantitative estimate of drug-likeness (QED) is 0.778. The molecule has 1 N–H and O–H groups in total. The Labute approximate surface area is 111 Å². The molecule has 0 bridgehead atoms. The third-order valence-corrected chi connectivity index (χ3v) is 5.72. The van der Waals surface area contributed by atoms with Gasteiger partial charge in [0.1, 0.15) is 0 Å². The van der Waals surface area contributed by atoms with Crippen LogP contribution in [-0.2, 0) is 4.74 Å². The summed E-state index contributed by atoms with van der Waals surface area (Å²) in [4.78, 5) is 0. The summed E-state index contributed by atoms with van der Waals surface area (Å²) in [5.41, 5.74) is 3.39. The number of hydrogen-bond acceptors (Lipinski definition) is 2. The van der Waals surface area contributed by atoms with Crippen LogP contribution < -0.4 is 0 Å². The molecule has 1 fully saturated rings. The summed E-state index contributed by atoms with van der Waals surface area (Å²) in [5.74, 6) is 0.609. The topological polar surface area (TPSA) is 29.5 Å².